The maximum atomic E-state index is 10.9. The number of carboxylic acids is 1. The largest absolute Gasteiger partial charge is 0.508 e. The number of rotatable bonds is 11. The predicted molar refractivity (Wildman–Crippen MR) is 125 cm³/mol. The van der Waals surface area contributed by atoms with Crippen LogP contribution in [0.15, 0.2) is 72.8 Å². The van der Waals surface area contributed by atoms with Crippen molar-refractivity contribution in [3.05, 3.63) is 83.9 Å². The van der Waals surface area contributed by atoms with Gasteiger partial charge < -0.3 is 30.1 Å². The first kappa shape index (κ1) is 24.1. The van der Waals surface area contributed by atoms with E-state index in [1.165, 1.54) is 18.2 Å². The van der Waals surface area contributed by atoms with E-state index in [4.69, 9.17) is 14.6 Å². The molecule has 3 aromatic rings. The van der Waals surface area contributed by atoms with Crippen LogP contribution in [0.2, 0.25) is 0 Å². The van der Waals surface area contributed by atoms with Crippen LogP contribution in [0, 0.1) is 0 Å². The lowest BCUT2D eigenvalue weighted by molar-refractivity contribution is 0.0697. The summed E-state index contributed by atoms with van der Waals surface area (Å²) in [5.41, 5.74) is 1.05. The summed E-state index contributed by atoms with van der Waals surface area (Å²) in [6.45, 7) is 4.60. The van der Waals surface area contributed by atoms with Gasteiger partial charge in [0.15, 0.2) is 0 Å². The molecule has 0 unspecified atom stereocenters. The van der Waals surface area contributed by atoms with Crippen LogP contribution >= 0.6 is 0 Å². The van der Waals surface area contributed by atoms with Gasteiger partial charge in [0.25, 0.3) is 0 Å². The molecule has 0 spiro atoms. The number of ether oxygens (including phenoxy) is 2. The average Bonchev–Trinajstić information content (AvgIpc) is 2.78. The molecule has 0 heterocycles. The highest BCUT2D eigenvalue weighted by molar-refractivity contribution is 5.87. The lowest BCUT2D eigenvalue weighted by Gasteiger charge is -2.28. The molecule has 33 heavy (non-hydrogen) atoms. The topological polar surface area (TPSA) is 108 Å². The number of carboxylic acid groups (broad SMARTS) is 1. The van der Waals surface area contributed by atoms with Crippen molar-refractivity contribution in [2.75, 3.05) is 13.2 Å². The number of carbonyl (C=O) groups is 1. The van der Waals surface area contributed by atoms with Gasteiger partial charge in [-0.2, -0.15) is 0 Å². The van der Waals surface area contributed by atoms with E-state index in [9.17, 15) is 15.0 Å². The van der Waals surface area contributed by atoms with Crippen molar-refractivity contribution in [2.45, 2.75) is 31.9 Å². The van der Waals surface area contributed by atoms with E-state index in [0.717, 1.165) is 12.0 Å². The van der Waals surface area contributed by atoms with Crippen LogP contribution in [0.3, 0.4) is 0 Å². The number of β-amino-alcohol motifs (C(OH)–C–C–N with tert-alkyl or cyclic N) is 1. The van der Waals surface area contributed by atoms with Gasteiger partial charge in [-0.1, -0.05) is 18.2 Å². The minimum absolute atomic E-state index is 0.117. The standard InChI is InChI=1S/C26H29NO6/c1-26(2,27-16-21(29)17-32-24-5-3-4-20(28)14-24)15-18-6-10-22(11-7-18)33-23-12-8-19(9-13-23)25(30)31/h3-14,21,27-29H,15-17H2,1-2H3,(H,30,31)/t21-/m0/s1. The van der Waals surface area contributed by atoms with E-state index in [-0.39, 0.29) is 23.5 Å². The van der Waals surface area contributed by atoms with Crippen LogP contribution in [0.1, 0.15) is 29.8 Å². The summed E-state index contributed by atoms with van der Waals surface area (Å²) >= 11 is 0. The van der Waals surface area contributed by atoms with E-state index in [1.807, 2.05) is 24.3 Å². The smallest absolute Gasteiger partial charge is 0.335 e. The Kier molecular flexibility index (Phi) is 7.92. The minimum Gasteiger partial charge on any atom is -0.508 e. The number of aliphatic hydroxyl groups excluding tert-OH is 1. The van der Waals surface area contributed by atoms with Crippen molar-refractivity contribution in [2.24, 2.45) is 0 Å². The van der Waals surface area contributed by atoms with Crippen molar-refractivity contribution in [1.82, 2.24) is 5.32 Å². The first-order chi connectivity index (χ1) is 15.7. The first-order valence-electron chi connectivity index (χ1n) is 10.7. The molecule has 0 fully saturated rings. The zero-order chi connectivity index (χ0) is 23.8. The van der Waals surface area contributed by atoms with Gasteiger partial charge >= 0.3 is 5.97 Å². The molecule has 3 rings (SSSR count). The third kappa shape index (κ3) is 7.82. The second-order valence-corrected chi connectivity index (χ2v) is 8.48. The number of aromatic hydroxyl groups is 1. The number of aromatic carboxylic acids is 1. The summed E-state index contributed by atoms with van der Waals surface area (Å²) in [6.07, 6.45) is 0.0377. The van der Waals surface area contributed by atoms with Crippen molar-refractivity contribution >= 4 is 5.97 Å². The van der Waals surface area contributed by atoms with E-state index < -0.39 is 12.1 Å². The lowest BCUT2D eigenvalue weighted by Crippen LogP contribution is -2.46. The van der Waals surface area contributed by atoms with Gasteiger partial charge in [0.05, 0.1) is 5.56 Å². The monoisotopic (exact) mass is 451 g/mol. The number of phenolic OH excluding ortho intramolecular Hbond substituents is 1. The molecule has 4 N–H and O–H groups in total. The number of hydrogen-bond donors (Lipinski definition) is 4. The van der Waals surface area contributed by atoms with Gasteiger partial charge in [0.1, 0.15) is 35.7 Å². The molecule has 174 valence electrons. The molecule has 0 aliphatic heterocycles. The minimum atomic E-state index is -0.973. The summed E-state index contributed by atoms with van der Waals surface area (Å²) in [6, 6.07) is 20.4. The predicted octanol–water partition coefficient (Wildman–Crippen LogP) is 4.23. The Balaban J connectivity index is 1.46. The summed E-state index contributed by atoms with van der Waals surface area (Å²) < 4.78 is 11.3. The van der Waals surface area contributed by atoms with Crippen LogP contribution < -0.4 is 14.8 Å². The lowest BCUT2D eigenvalue weighted by atomic mass is 9.94. The SMILES string of the molecule is CC(C)(Cc1ccc(Oc2ccc(C(=O)O)cc2)cc1)NC[C@H](O)COc1cccc(O)c1. The fourth-order valence-electron chi connectivity index (χ4n) is 3.27. The van der Waals surface area contributed by atoms with Gasteiger partial charge in [-0.15, -0.1) is 0 Å². The van der Waals surface area contributed by atoms with Gasteiger partial charge in [-0.3, -0.25) is 0 Å². The number of aliphatic hydroxyl groups is 1. The van der Waals surface area contributed by atoms with Crippen LogP contribution in [0.25, 0.3) is 0 Å². The maximum absolute atomic E-state index is 10.9. The Morgan fingerprint density at radius 3 is 2.21 bits per heavy atom. The molecule has 0 bridgehead atoms. The van der Waals surface area contributed by atoms with Crippen LogP contribution in [-0.2, 0) is 6.42 Å². The van der Waals surface area contributed by atoms with Crippen LogP contribution in [0.4, 0.5) is 0 Å². The number of phenols is 1. The van der Waals surface area contributed by atoms with Crippen molar-refractivity contribution < 1.29 is 29.6 Å². The van der Waals surface area contributed by atoms with Gasteiger partial charge in [-0.05, 0) is 74.4 Å². The molecular weight excluding hydrogens is 422 g/mol. The van der Waals surface area contributed by atoms with Gasteiger partial charge in [0.2, 0.25) is 0 Å². The highest BCUT2D eigenvalue weighted by atomic mass is 16.5. The number of hydrogen-bond acceptors (Lipinski definition) is 6. The third-order valence-corrected chi connectivity index (χ3v) is 4.98. The molecular formula is C26H29NO6. The Morgan fingerprint density at radius 2 is 1.61 bits per heavy atom. The van der Waals surface area contributed by atoms with Crippen LogP contribution in [0.5, 0.6) is 23.0 Å². The molecule has 0 aliphatic carbocycles. The Morgan fingerprint density at radius 1 is 0.970 bits per heavy atom. The Labute approximate surface area is 193 Å². The fraction of sp³-hybridized carbons (Fsp3) is 0.269. The summed E-state index contributed by atoms with van der Waals surface area (Å²) in [4.78, 5) is 10.9. The molecule has 0 amide bonds. The second-order valence-electron chi connectivity index (χ2n) is 8.48. The number of nitrogens with one attached hydrogen (secondary N) is 1. The average molecular weight is 452 g/mol. The molecule has 0 radical (unpaired) electrons. The van der Waals surface area contributed by atoms with Gasteiger partial charge in [0, 0.05) is 18.2 Å². The molecule has 0 aliphatic rings. The second kappa shape index (κ2) is 10.8. The molecule has 0 aromatic heterocycles. The van der Waals surface area contributed by atoms with Crippen molar-refractivity contribution in [3.8, 4) is 23.0 Å². The Hall–Kier alpha value is -3.55. The first-order valence-corrected chi connectivity index (χ1v) is 10.7. The van der Waals surface area contributed by atoms with E-state index in [1.54, 1.807) is 30.3 Å². The van der Waals surface area contributed by atoms with Crippen LogP contribution in [-0.4, -0.2) is 46.1 Å². The summed E-state index contributed by atoms with van der Waals surface area (Å²) in [5, 5.41) is 32.0. The molecule has 0 saturated heterocycles. The number of benzene rings is 3. The van der Waals surface area contributed by atoms with E-state index in [2.05, 4.69) is 19.2 Å². The zero-order valence-corrected chi connectivity index (χ0v) is 18.7. The maximum Gasteiger partial charge on any atom is 0.335 e. The molecule has 7 nitrogen and oxygen atoms in total. The van der Waals surface area contributed by atoms with E-state index in [0.29, 0.717) is 23.8 Å². The molecule has 7 heteroatoms. The third-order valence-electron chi connectivity index (χ3n) is 4.98. The van der Waals surface area contributed by atoms with Gasteiger partial charge in [-0.25, -0.2) is 4.79 Å². The molecule has 0 saturated carbocycles. The van der Waals surface area contributed by atoms with E-state index >= 15 is 0 Å². The summed E-state index contributed by atoms with van der Waals surface area (Å²) in [7, 11) is 0. The highest BCUT2D eigenvalue weighted by Gasteiger charge is 2.19. The fourth-order valence-corrected chi connectivity index (χ4v) is 3.27. The molecule has 3 aromatic carbocycles. The zero-order valence-electron chi connectivity index (χ0n) is 18.7. The highest BCUT2D eigenvalue weighted by Crippen LogP contribution is 2.23. The van der Waals surface area contributed by atoms with Crippen molar-refractivity contribution in [3.63, 3.8) is 0 Å². The normalized spacial score (nSPS) is 12.2. The molecule has 1 atom stereocenters. The summed E-state index contributed by atoms with van der Waals surface area (Å²) in [5.74, 6) is 0.879. The van der Waals surface area contributed by atoms with Crippen molar-refractivity contribution in [1.29, 1.82) is 0 Å². The Bertz CT molecular complexity index is 1050. The quantitative estimate of drug-likeness (QED) is 0.345.